The minimum absolute atomic E-state index is 0.605. The van der Waals surface area contributed by atoms with Crippen molar-refractivity contribution in [2.45, 2.75) is 27.7 Å². The molecule has 15 heavy (non-hydrogen) atoms. The van der Waals surface area contributed by atoms with Crippen LogP contribution in [0.2, 0.25) is 0 Å². The number of nitrogens with zero attached hydrogens (tertiary/aromatic N) is 3. The molecule has 4 nitrogen and oxygen atoms in total. The average molecular weight is 207 g/mol. The lowest BCUT2D eigenvalue weighted by Gasteiger charge is -1.99. The summed E-state index contributed by atoms with van der Waals surface area (Å²) in [5.74, 6) is 0.605. The predicted molar refractivity (Wildman–Crippen MR) is 60.4 cm³/mol. The molecule has 0 atom stereocenters. The van der Waals surface area contributed by atoms with Gasteiger partial charge in [-0.05, 0) is 19.9 Å². The molecule has 2 rings (SSSR count). The molecule has 0 radical (unpaired) electrons. The number of aryl methyl sites for hydroxylation is 2. The molecule has 2 aromatic heterocycles. The summed E-state index contributed by atoms with van der Waals surface area (Å²) in [5.41, 5.74) is 2.91. The van der Waals surface area contributed by atoms with Gasteiger partial charge in [-0.25, -0.2) is 9.50 Å². The molecule has 0 fully saturated rings. The smallest absolute Gasteiger partial charge is 0.231 e. The van der Waals surface area contributed by atoms with E-state index in [1.165, 1.54) is 0 Å². The summed E-state index contributed by atoms with van der Waals surface area (Å²) in [5, 5.41) is 4.25. The van der Waals surface area contributed by atoms with E-state index in [9.17, 15) is 0 Å². The number of methoxy groups -OCH3 is 1. The third kappa shape index (κ3) is 2.09. The lowest BCUT2D eigenvalue weighted by Crippen LogP contribution is -1.96. The third-order valence-electron chi connectivity index (χ3n) is 2.12. The molecule has 0 spiro atoms. The topological polar surface area (TPSA) is 39.4 Å². The van der Waals surface area contributed by atoms with E-state index in [0.717, 1.165) is 17.0 Å². The summed E-state index contributed by atoms with van der Waals surface area (Å²) < 4.78 is 6.81. The maximum Gasteiger partial charge on any atom is 0.231 e. The minimum atomic E-state index is 0.605. The van der Waals surface area contributed by atoms with Crippen LogP contribution in [0.25, 0.3) is 5.65 Å². The van der Waals surface area contributed by atoms with Crippen LogP contribution in [0.5, 0.6) is 5.88 Å². The van der Waals surface area contributed by atoms with Crippen LogP contribution in [0.1, 0.15) is 25.2 Å². The van der Waals surface area contributed by atoms with Gasteiger partial charge in [0.15, 0.2) is 5.65 Å². The maximum absolute atomic E-state index is 5.03. The molecule has 0 aliphatic carbocycles. The summed E-state index contributed by atoms with van der Waals surface area (Å²) in [7, 11) is 1.60. The normalized spacial score (nSPS) is 9.67. The number of hydrogen-bond acceptors (Lipinski definition) is 3. The van der Waals surface area contributed by atoms with Crippen LogP contribution in [-0.4, -0.2) is 21.7 Å². The Morgan fingerprint density at radius 2 is 1.87 bits per heavy atom. The highest BCUT2D eigenvalue weighted by Gasteiger charge is 2.05. The van der Waals surface area contributed by atoms with Crippen molar-refractivity contribution in [1.29, 1.82) is 0 Å². The van der Waals surface area contributed by atoms with Crippen molar-refractivity contribution in [1.82, 2.24) is 14.6 Å². The first-order chi connectivity index (χ1) is 7.22. The van der Waals surface area contributed by atoms with E-state index < -0.39 is 0 Å². The number of fused-ring (bicyclic) bond motifs is 1. The largest absolute Gasteiger partial charge is 0.480 e. The molecular formula is C11H17N3O. The monoisotopic (exact) mass is 207 g/mol. The second-order valence-corrected chi connectivity index (χ2v) is 2.93. The van der Waals surface area contributed by atoms with Gasteiger partial charge in [-0.2, -0.15) is 0 Å². The number of rotatable bonds is 1. The average Bonchev–Trinajstić information content (AvgIpc) is 2.57. The van der Waals surface area contributed by atoms with E-state index in [-0.39, 0.29) is 0 Å². The molecule has 4 heteroatoms. The van der Waals surface area contributed by atoms with Crippen LogP contribution in [0.15, 0.2) is 12.1 Å². The molecule has 0 N–H and O–H groups in total. The van der Waals surface area contributed by atoms with Gasteiger partial charge < -0.3 is 4.74 Å². The molecule has 2 aromatic rings. The number of hydrogen-bond donors (Lipinski definition) is 0. The van der Waals surface area contributed by atoms with Crippen LogP contribution >= 0.6 is 0 Å². The summed E-state index contributed by atoms with van der Waals surface area (Å²) in [6.07, 6.45) is 0. The van der Waals surface area contributed by atoms with E-state index in [4.69, 9.17) is 4.74 Å². The molecule has 0 amide bonds. The van der Waals surface area contributed by atoms with Gasteiger partial charge in [0.25, 0.3) is 0 Å². The van der Waals surface area contributed by atoms with Gasteiger partial charge in [0.2, 0.25) is 5.88 Å². The van der Waals surface area contributed by atoms with E-state index >= 15 is 0 Å². The summed E-state index contributed by atoms with van der Waals surface area (Å²) in [6, 6.07) is 3.70. The van der Waals surface area contributed by atoms with Gasteiger partial charge in [0, 0.05) is 6.07 Å². The van der Waals surface area contributed by atoms with E-state index in [1.807, 2.05) is 33.8 Å². The molecule has 0 aromatic carbocycles. The van der Waals surface area contributed by atoms with Gasteiger partial charge in [-0.3, -0.25) is 0 Å². The second-order valence-electron chi connectivity index (χ2n) is 2.93. The highest BCUT2D eigenvalue weighted by molar-refractivity contribution is 5.42. The fourth-order valence-corrected chi connectivity index (χ4v) is 1.25. The van der Waals surface area contributed by atoms with Crippen molar-refractivity contribution in [3.05, 3.63) is 23.5 Å². The van der Waals surface area contributed by atoms with E-state index in [1.54, 1.807) is 17.7 Å². The van der Waals surface area contributed by atoms with Gasteiger partial charge in [0.05, 0.1) is 18.5 Å². The Morgan fingerprint density at radius 1 is 1.20 bits per heavy atom. The molecule has 82 valence electrons. The van der Waals surface area contributed by atoms with Crippen LogP contribution in [0.3, 0.4) is 0 Å². The van der Waals surface area contributed by atoms with Gasteiger partial charge in [0.1, 0.15) is 0 Å². The lowest BCUT2D eigenvalue weighted by atomic mass is 10.4. The van der Waals surface area contributed by atoms with Crippen molar-refractivity contribution in [3.63, 3.8) is 0 Å². The summed E-state index contributed by atoms with van der Waals surface area (Å²) in [6.45, 7) is 7.96. The molecule has 0 bridgehead atoms. The molecule has 0 aliphatic rings. The number of aromatic nitrogens is 3. The van der Waals surface area contributed by atoms with Crippen molar-refractivity contribution < 1.29 is 4.74 Å². The Hall–Kier alpha value is -1.58. The Balaban J connectivity index is 0.000000531. The molecule has 0 aliphatic heterocycles. The zero-order valence-electron chi connectivity index (χ0n) is 9.90. The fourth-order valence-electron chi connectivity index (χ4n) is 1.25. The Labute approximate surface area is 89.9 Å². The number of imidazole rings is 1. The van der Waals surface area contributed by atoms with Crippen LogP contribution in [0, 0.1) is 13.8 Å². The SMILES string of the molecule is CC.COc1ccc2nc(C)c(C)n2n1. The first-order valence-corrected chi connectivity index (χ1v) is 5.09. The fraction of sp³-hybridized carbons (Fsp3) is 0.455. The third-order valence-corrected chi connectivity index (χ3v) is 2.12. The van der Waals surface area contributed by atoms with Crippen molar-refractivity contribution >= 4 is 5.65 Å². The zero-order chi connectivity index (χ0) is 11.4. The quantitative estimate of drug-likeness (QED) is 0.720. The zero-order valence-corrected chi connectivity index (χ0v) is 9.90. The van der Waals surface area contributed by atoms with Gasteiger partial charge in [-0.1, -0.05) is 13.8 Å². The van der Waals surface area contributed by atoms with Crippen LogP contribution in [0.4, 0.5) is 0 Å². The van der Waals surface area contributed by atoms with Crippen LogP contribution < -0.4 is 4.74 Å². The molecule has 0 saturated carbocycles. The maximum atomic E-state index is 5.03. The van der Waals surface area contributed by atoms with E-state index in [0.29, 0.717) is 5.88 Å². The number of ether oxygens (including phenoxy) is 1. The predicted octanol–water partition coefficient (Wildman–Crippen LogP) is 2.38. The standard InChI is InChI=1S/C9H11N3O.C2H6/c1-6-7(2)12-8(10-6)4-5-9(11-12)13-3;1-2/h4-5H,1-3H3;1-2H3. The molecule has 0 unspecified atom stereocenters. The first kappa shape index (κ1) is 11.5. The summed E-state index contributed by atoms with van der Waals surface area (Å²) in [4.78, 5) is 4.33. The summed E-state index contributed by atoms with van der Waals surface area (Å²) >= 11 is 0. The Bertz CT molecular complexity index is 448. The first-order valence-electron chi connectivity index (χ1n) is 5.09. The van der Waals surface area contributed by atoms with Gasteiger partial charge in [-0.15, -0.1) is 5.10 Å². The van der Waals surface area contributed by atoms with E-state index in [2.05, 4.69) is 10.1 Å². The van der Waals surface area contributed by atoms with Crippen molar-refractivity contribution in [2.75, 3.05) is 7.11 Å². The lowest BCUT2D eigenvalue weighted by molar-refractivity contribution is 0.389. The molecule has 0 saturated heterocycles. The Kier molecular flexibility index (Phi) is 3.66. The van der Waals surface area contributed by atoms with Crippen LogP contribution in [-0.2, 0) is 0 Å². The van der Waals surface area contributed by atoms with Gasteiger partial charge >= 0.3 is 0 Å². The highest BCUT2D eigenvalue weighted by Crippen LogP contribution is 2.12. The van der Waals surface area contributed by atoms with Crippen molar-refractivity contribution in [3.8, 4) is 5.88 Å². The molecular weight excluding hydrogens is 190 g/mol. The highest BCUT2D eigenvalue weighted by atomic mass is 16.5. The minimum Gasteiger partial charge on any atom is -0.480 e. The molecule has 2 heterocycles. The second kappa shape index (κ2) is 4.77. The van der Waals surface area contributed by atoms with Crippen molar-refractivity contribution in [2.24, 2.45) is 0 Å². The Morgan fingerprint density at radius 3 is 2.47 bits per heavy atom.